The minimum Gasteiger partial charge on any atom is -0.466 e. The molecule has 1 amide bonds. The van der Waals surface area contributed by atoms with Crippen LogP contribution in [0.25, 0.3) is 11.5 Å². The molecule has 1 aromatic carbocycles. The number of aromatic nitrogens is 2. The molecule has 0 N–H and O–H groups in total. The lowest BCUT2D eigenvalue weighted by molar-refractivity contribution is -0.137. The molecule has 9 heteroatoms. The highest BCUT2D eigenvalue weighted by Crippen LogP contribution is 2.32. The maximum atomic E-state index is 12.9. The van der Waals surface area contributed by atoms with E-state index in [0.29, 0.717) is 41.6 Å². The van der Waals surface area contributed by atoms with E-state index >= 15 is 0 Å². The van der Waals surface area contributed by atoms with Crippen molar-refractivity contribution in [3.8, 4) is 11.5 Å². The molecule has 3 aromatic rings. The average Bonchev–Trinajstić information content (AvgIpc) is 3.33. The zero-order chi connectivity index (χ0) is 21.5. The van der Waals surface area contributed by atoms with Crippen molar-refractivity contribution in [2.45, 2.75) is 38.8 Å². The van der Waals surface area contributed by atoms with Crippen LogP contribution in [0.1, 0.15) is 52.1 Å². The maximum Gasteiger partial charge on any atom is 0.416 e. The van der Waals surface area contributed by atoms with Crippen molar-refractivity contribution in [2.24, 2.45) is 0 Å². The zero-order valence-electron chi connectivity index (χ0n) is 16.5. The number of rotatable bonds is 3. The predicted octanol–water partition coefficient (Wildman–Crippen LogP) is 4.99. The molecule has 0 bridgehead atoms. The Hall–Kier alpha value is -3.10. The second-order valence-corrected chi connectivity index (χ2v) is 7.44. The van der Waals surface area contributed by atoms with Crippen LogP contribution in [0.2, 0.25) is 0 Å². The van der Waals surface area contributed by atoms with Gasteiger partial charge in [0.25, 0.3) is 5.91 Å². The monoisotopic (exact) mass is 419 g/mol. The second kappa shape index (κ2) is 7.62. The third-order valence-electron chi connectivity index (χ3n) is 5.23. The van der Waals surface area contributed by atoms with Gasteiger partial charge in [0, 0.05) is 18.7 Å². The summed E-state index contributed by atoms with van der Waals surface area (Å²) in [5.74, 6) is 1.57. The predicted molar refractivity (Wildman–Crippen MR) is 101 cm³/mol. The van der Waals surface area contributed by atoms with Crippen LogP contribution in [0, 0.1) is 13.8 Å². The summed E-state index contributed by atoms with van der Waals surface area (Å²) in [6, 6.07) is 6.31. The summed E-state index contributed by atoms with van der Waals surface area (Å²) in [6.45, 7) is 4.61. The van der Waals surface area contributed by atoms with Gasteiger partial charge in [0.2, 0.25) is 11.8 Å². The molecule has 6 nitrogen and oxygen atoms in total. The van der Waals surface area contributed by atoms with Crippen molar-refractivity contribution >= 4 is 5.91 Å². The molecule has 1 aliphatic rings. The van der Waals surface area contributed by atoms with Gasteiger partial charge in [0.05, 0.1) is 17.0 Å². The number of carbonyl (C=O) groups excluding carboxylic acids is 1. The number of benzene rings is 1. The van der Waals surface area contributed by atoms with Gasteiger partial charge in [0.1, 0.15) is 11.5 Å². The van der Waals surface area contributed by atoms with E-state index in [1.165, 1.54) is 12.1 Å². The van der Waals surface area contributed by atoms with Crippen molar-refractivity contribution in [1.29, 1.82) is 0 Å². The molecule has 3 heterocycles. The van der Waals surface area contributed by atoms with Crippen LogP contribution < -0.4 is 0 Å². The Bertz CT molecular complexity index is 1050. The number of likely N-dealkylation sites (tertiary alicyclic amines) is 1. The summed E-state index contributed by atoms with van der Waals surface area (Å²) in [5.41, 5.74) is 0.219. The van der Waals surface area contributed by atoms with Gasteiger partial charge in [-0.1, -0.05) is 0 Å². The van der Waals surface area contributed by atoms with Crippen molar-refractivity contribution in [1.82, 2.24) is 15.1 Å². The lowest BCUT2D eigenvalue weighted by Gasteiger charge is -2.31. The van der Waals surface area contributed by atoms with Crippen LogP contribution in [0.4, 0.5) is 13.2 Å². The number of halogens is 3. The number of hydrogen-bond acceptors (Lipinski definition) is 5. The molecule has 4 rings (SSSR count). The molecule has 0 saturated carbocycles. The summed E-state index contributed by atoms with van der Waals surface area (Å²) in [5, 5.41) is 8.06. The lowest BCUT2D eigenvalue weighted by atomic mass is 9.97. The van der Waals surface area contributed by atoms with Crippen molar-refractivity contribution < 1.29 is 26.8 Å². The highest BCUT2D eigenvalue weighted by atomic mass is 19.4. The minimum absolute atomic E-state index is 0.100. The first-order chi connectivity index (χ1) is 14.2. The number of piperidine rings is 1. The molecule has 1 unspecified atom stereocenters. The van der Waals surface area contributed by atoms with Crippen molar-refractivity contribution in [3.63, 3.8) is 0 Å². The summed E-state index contributed by atoms with van der Waals surface area (Å²) in [6.07, 6.45) is -2.84. The van der Waals surface area contributed by atoms with E-state index < -0.39 is 11.7 Å². The fraction of sp³-hybridized carbons (Fsp3) is 0.381. The van der Waals surface area contributed by atoms with E-state index in [-0.39, 0.29) is 17.7 Å². The molecule has 30 heavy (non-hydrogen) atoms. The van der Waals surface area contributed by atoms with E-state index in [4.69, 9.17) is 8.83 Å². The van der Waals surface area contributed by atoms with Gasteiger partial charge >= 0.3 is 6.18 Å². The molecule has 1 saturated heterocycles. The van der Waals surface area contributed by atoms with Crippen LogP contribution in [0.5, 0.6) is 0 Å². The topological polar surface area (TPSA) is 72.4 Å². The Morgan fingerprint density at radius 1 is 1.13 bits per heavy atom. The number of nitrogens with zero attached hydrogens (tertiary/aromatic N) is 3. The largest absolute Gasteiger partial charge is 0.466 e. The van der Waals surface area contributed by atoms with Gasteiger partial charge in [-0.25, -0.2) is 0 Å². The van der Waals surface area contributed by atoms with Gasteiger partial charge < -0.3 is 13.7 Å². The van der Waals surface area contributed by atoms with Gasteiger partial charge in [-0.15, -0.1) is 10.2 Å². The summed E-state index contributed by atoms with van der Waals surface area (Å²) in [4.78, 5) is 14.6. The van der Waals surface area contributed by atoms with E-state index in [1.54, 1.807) is 24.8 Å². The first-order valence-electron chi connectivity index (χ1n) is 9.59. The summed E-state index contributed by atoms with van der Waals surface area (Å²) in [7, 11) is 0. The van der Waals surface area contributed by atoms with Crippen LogP contribution in [-0.4, -0.2) is 34.1 Å². The number of amides is 1. The molecule has 2 aromatic heterocycles. The highest BCUT2D eigenvalue weighted by Gasteiger charge is 2.32. The second-order valence-electron chi connectivity index (χ2n) is 7.44. The fourth-order valence-electron chi connectivity index (χ4n) is 3.69. The van der Waals surface area contributed by atoms with E-state index in [1.807, 2.05) is 0 Å². The molecular weight excluding hydrogens is 399 g/mol. The Balaban J connectivity index is 1.49. The average molecular weight is 419 g/mol. The van der Waals surface area contributed by atoms with Crippen molar-refractivity contribution in [3.05, 3.63) is 58.9 Å². The Labute approximate surface area is 170 Å². The summed E-state index contributed by atoms with van der Waals surface area (Å²) < 4.78 is 49.4. The van der Waals surface area contributed by atoms with Gasteiger partial charge in [-0.2, -0.15) is 13.2 Å². The molecule has 0 spiro atoms. The van der Waals surface area contributed by atoms with E-state index in [9.17, 15) is 18.0 Å². The van der Waals surface area contributed by atoms with Gasteiger partial charge in [-0.3, -0.25) is 4.79 Å². The van der Waals surface area contributed by atoms with E-state index in [2.05, 4.69) is 10.2 Å². The fourth-order valence-corrected chi connectivity index (χ4v) is 3.69. The Kier molecular flexibility index (Phi) is 5.13. The standard InChI is InChI=1S/C21H20F3N3O3/c1-12-10-17(13(2)29-12)20(28)27-9-3-4-15(11-27)19-26-25-18(30-19)14-5-7-16(8-6-14)21(22,23)24/h5-8,10,15H,3-4,9,11H2,1-2H3. The third kappa shape index (κ3) is 3.96. The van der Waals surface area contributed by atoms with Gasteiger partial charge in [-0.05, 0) is 57.0 Å². The zero-order valence-corrected chi connectivity index (χ0v) is 16.5. The molecule has 1 atom stereocenters. The van der Waals surface area contributed by atoms with Crippen LogP contribution in [0.15, 0.2) is 39.2 Å². The third-order valence-corrected chi connectivity index (χ3v) is 5.23. The van der Waals surface area contributed by atoms with Crippen LogP contribution in [0.3, 0.4) is 0 Å². The van der Waals surface area contributed by atoms with Crippen LogP contribution in [-0.2, 0) is 6.18 Å². The van der Waals surface area contributed by atoms with Crippen molar-refractivity contribution in [2.75, 3.05) is 13.1 Å². The van der Waals surface area contributed by atoms with Crippen LogP contribution >= 0.6 is 0 Å². The Morgan fingerprint density at radius 2 is 1.87 bits per heavy atom. The highest BCUT2D eigenvalue weighted by molar-refractivity contribution is 5.95. The molecule has 158 valence electrons. The Morgan fingerprint density at radius 3 is 2.50 bits per heavy atom. The minimum atomic E-state index is -4.40. The molecule has 0 aliphatic carbocycles. The molecule has 0 radical (unpaired) electrons. The smallest absolute Gasteiger partial charge is 0.416 e. The molecule has 1 fully saturated rings. The SMILES string of the molecule is Cc1cc(C(=O)N2CCCC(c3nnc(-c4ccc(C(F)(F)F)cc4)o3)C2)c(C)o1. The quantitative estimate of drug-likeness (QED) is 0.598. The first kappa shape index (κ1) is 20.2. The first-order valence-corrected chi connectivity index (χ1v) is 9.59. The normalized spacial score (nSPS) is 17.4. The maximum absolute atomic E-state index is 12.9. The van der Waals surface area contributed by atoms with Gasteiger partial charge in [0.15, 0.2) is 0 Å². The lowest BCUT2D eigenvalue weighted by Crippen LogP contribution is -2.39. The number of aryl methyl sites for hydroxylation is 2. The molecule has 1 aliphatic heterocycles. The summed E-state index contributed by atoms with van der Waals surface area (Å²) >= 11 is 0. The number of alkyl halides is 3. The van der Waals surface area contributed by atoms with E-state index in [0.717, 1.165) is 25.0 Å². The number of hydrogen-bond donors (Lipinski definition) is 0. The molecular formula is C21H20F3N3O3. The number of furan rings is 1. The number of carbonyl (C=O) groups is 1.